The van der Waals surface area contributed by atoms with Gasteiger partial charge in [0.2, 0.25) is 11.0 Å². The van der Waals surface area contributed by atoms with Crippen LogP contribution in [0, 0.1) is 0 Å². The molecule has 0 bridgehead atoms. The monoisotopic (exact) mass is 467 g/mol. The minimum absolute atomic E-state index is 0.221. The summed E-state index contributed by atoms with van der Waals surface area (Å²) in [4.78, 5) is 15.7. The van der Waals surface area contributed by atoms with Crippen LogP contribution in [0.15, 0.2) is 48.4 Å². The minimum Gasteiger partial charge on any atom is -0.369 e. The normalized spacial score (nSPS) is 13.6. The van der Waals surface area contributed by atoms with Crippen molar-refractivity contribution in [3.05, 3.63) is 53.5 Å². The number of benzene rings is 1. The third-order valence-corrected chi connectivity index (χ3v) is 6.28. The van der Waals surface area contributed by atoms with Gasteiger partial charge in [-0.05, 0) is 29.8 Å². The Bertz CT molecular complexity index is 1350. The number of pyridine rings is 1. The number of aromatic nitrogens is 5. The molecule has 162 valence electrons. The van der Waals surface area contributed by atoms with E-state index in [1.54, 1.807) is 12.4 Å². The number of nitrogens with two attached hydrogens (primary N) is 1. The van der Waals surface area contributed by atoms with Crippen molar-refractivity contribution < 1.29 is 4.79 Å². The van der Waals surface area contributed by atoms with Crippen molar-refractivity contribution in [2.24, 2.45) is 5.73 Å². The van der Waals surface area contributed by atoms with E-state index in [1.165, 1.54) is 11.3 Å². The number of aromatic amines is 1. The quantitative estimate of drug-likeness (QED) is 0.394. The van der Waals surface area contributed by atoms with E-state index < -0.39 is 0 Å². The molecule has 4 aromatic rings. The number of hydrogen-bond acceptors (Lipinski definition) is 9. The average Bonchev–Trinajstić information content (AvgIpc) is 3.50. The highest BCUT2D eigenvalue weighted by molar-refractivity contribution is 7.18. The number of nitrogens with zero attached hydrogens (tertiary/aromatic N) is 6. The molecule has 0 fully saturated rings. The van der Waals surface area contributed by atoms with Crippen molar-refractivity contribution in [1.29, 1.82) is 0 Å². The van der Waals surface area contributed by atoms with Crippen LogP contribution in [-0.4, -0.2) is 49.9 Å². The molecule has 1 aromatic carbocycles. The van der Waals surface area contributed by atoms with Crippen LogP contribution in [0.1, 0.15) is 6.42 Å². The number of rotatable bonds is 6. The van der Waals surface area contributed by atoms with Crippen LogP contribution < -0.4 is 16.1 Å². The van der Waals surface area contributed by atoms with Crippen LogP contribution in [-0.2, 0) is 4.79 Å². The largest absolute Gasteiger partial charge is 0.369 e. The van der Waals surface area contributed by atoms with Gasteiger partial charge in [0, 0.05) is 30.4 Å². The maximum Gasteiger partial charge on any atom is 0.221 e. The molecule has 4 heterocycles. The fourth-order valence-corrected chi connectivity index (χ4v) is 4.54. The SMILES string of the molecule is CN1C=C(CC(N)=O)CN1c1cc(-c2nnc(Nc3ccc4[nH]ncc4c3Cl)s2)ccn1. The number of hydrogen-bond donors (Lipinski definition) is 3. The third-order valence-electron chi connectivity index (χ3n) is 4.99. The van der Waals surface area contributed by atoms with Gasteiger partial charge in [0.05, 0.1) is 35.4 Å². The van der Waals surface area contributed by atoms with Gasteiger partial charge < -0.3 is 11.1 Å². The summed E-state index contributed by atoms with van der Waals surface area (Å²) in [6.07, 6.45) is 5.53. The maximum absolute atomic E-state index is 11.2. The molecule has 0 spiro atoms. The molecule has 12 heteroatoms. The van der Waals surface area contributed by atoms with Gasteiger partial charge in [-0.15, -0.1) is 10.2 Å². The molecule has 32 heavy (non-hydrogen) atoms. The Hall–Kier alpha value is -3.70. The van der Waals surface area contributed by atoms with Crippen molar-refractivity contribution in [1.82, 2.24) is 30.4 Å². The highest BCUT2D eigenvalue weighted by Gasteiger charge is 2.22. The number of primary amides is 1. The van der Waals surface area contributed by atoms with E-state index in [9.17, 15) is 4.79 Å². The van der Waals surface area contributed by atoms with E-state index in [1.807, 2.05) is 47.5 Å². The fourth-order valence-electron chi connectivity index (χ4n) is 3.52. The Labute approximate surface area is 191 Å². The van der Waals surface area contributed by atoms with Crippen molar-refractivity contribution in [2.45, 2.75) is 6.42 Å². The Morgan fingerprint density at radius 2 is 2.22 bits per heavy atom. The van der Waals surface area contributed by atoms with E-state index in [-0.39, 0.29) is 12.3 Å². The summed E-state index contributed by atoms with van der Waals surface area (Å²) >= 11 is 7.90. The van der Waals surface area contributed by atoms with E-state index in [0.717, 1.165) is 38.6 Å². The highest BCUT2D eigenvalue weighted by Crippen LogP contribution is 2.35. The summed E-state index contributed by atoms with van der Waals surface area (Å²) in [6.45, 7) is 0.549. The van der Waals surface area contributed by atoms with Gasteiger partial charge in [0.1, 0.15) is 10.8 Å². The first kappa shape index (κ1) is 20.2. The molecule has 10 nitrogen and oxygen atoms in total. The van der Waals surface area contributed by atoms with Gasteiger partial charge in [-0.1, -0.05) is 22.9 Å². The zero-order chi connectivity index (χ0) is 22.2. The summed E-state index contributed by atoms with van der Waals surface area (Å²) in [6, 6.07) is 7.59. The van der Waals surface area contributed by atoms with Crippen LogP contribution in [0.2, 0.25) is 5.02 Å². The number of H-pyrrole nitrogens is 1. The topological polar surface area (TPSA) is 129 Å². The second-order valence-electron chi connectivity index (χ2n) is 7.26. The number of carbonyl (C=O) groups excluding carboxylic acids is 1. The highest BCUT2D eigenvalue weighted by atomic mass is 35.5. The molecule has 5 rings (SSSR count). The number of nitrogens with one attached hydrogen (secondary N) is 2. The lowest BCUT2D eigenvalue weighted by molar-refractivity contribution is -0.117. The molecule has 1 amide bonds. The molecule has 4 N–H and O–H groups in total. The van der Waals surface area contributed by atoms with Gasteiger partial charge in [-0.2, -0.15) is 5.10 Å². The van der Waals surface area contributed by atoms with Gasteiger partial charge in [0.15, 0.2) is 0 Å². The van der Waals surface area contributed by atoms with Crippen LogP contribution >= 0.6 is 22.9 Å². The van der Waals surface area contributed by atoms with E-state index in [2.05, 4.69) is 30.7 Å². The molecule has 0 saturated heterocycles. The van der Waals surface area contributed by atoms with Gasteiger partial charge in [-0.25, -0.2) is 4.98 Å². The molecular formula is C20H18ClN9OS. The summed E-state index contributed by atoms with van der Waals surface area (Å²) in [5.41, 5.74) is 8.73. The van der Waals surface area contributed by atoms with E-state index >= 15 is 0 Å². The van der Waals surface area contributed by atoms with Gasteiger partial charge in [0.25, 0.3) is 0 Å². The Morgan fingerprint density at radius 3 is 3.06 bits per heavy atom. The third kappa shape index (κ3) is 3.83. The maximum atomic E-state index is 11.2. The van der Waals surface area contributed by atoms with Gasteiger partial charge in [-0.3, -0.25) is 19.9 Å². The predicted octanol–water partition coefficient (Wildman–Crippen LogP) is 3.30. The van der Waals surface area contributed by atoms with E-state index in [0.29, 0.717) is 16.7 Å². The van der Waals surface area contributed by atoms with Crippen LogP contribution in [0.3, 0.4) is 0 Å². The molecular weight excluding hydrogens is 450 g/mol. The molecule has 3 aromatic heterocycles. The predicted molar refractivity (Wildman–Crippen MR) is 125 cm³/mol. The van der Waals surface area contributed by atoms with E-state index in [4.69, 9.17) is 17.3 Å². The lowest BCUT2D eigenvalue weighted by Crippen LogP contribution is -2.33. The molecule has 0 atom stereocenters. The number of amides is 1. The summed E-state index contributed by atoms with van der Waals surface area (Å²) in [5, 5.41) is 25.3. The smallest absolute Gasteiger partial charge is 0.221 e. The van der Waals surface area contributed by atoms with Gasteiger partial charge >= 0.3 is 0 Å². The lowest BCUT2D eigenvalue weighted by atomic mass is 10.2. The number of halogens is 1. The van der Waals surface area contributed by atoms with Crippen molar-refractivity contribution in [2.75, 3.05) is 23.9 Å². The first-order chi connectivity index (χ1) is 15.5. The summed E-state index contributed by atoms with van der Waals surface area (Å²) in [5.74, 6) is 0.382. The zero-order valence-corrected chi connectivity index (χ0v) is 18.5. The zero-order valence-electron chi connectivity index (χ0n) is 16.9. The van der Waals surface area contributed by atoms with Crippen molar-refractivity contribution in [3.8, 4) is 10.6 Å². The number of fused-ring (bicyclic) bond motifs is 1. The van der Waals surface area contributed by atoms with Crippen molar-refractivity contribution >= 4 is 56.4 Å². The number of carbonyl (C=O) groups is 1. The molecule has 1 aliphatic heterocycles. The lowest BCUT2D eigenvalue weighted by Gasteiger charge is -2.26. The molecule has 0 unspecified atom stereocenters. The summed E-state index contributed by atoms with van der Waals surface area (Å²) < 4.78 is 0. The first-order valence-corrected chi connectivity index (χ1v) is 10.8. The Balaban J connectivity index is 1.35. The second kappa shape index (κ2) is 8.09. The molecule has 0 radical (unpaired) electrons. The minimum atomic E-state index is -0.353. The Kier molecular flexibility index (Phi) is 5.11. The fraction of sp³-hybridized carbons (Fsp3) is 0.150. The second-order valence-corrected chi connectivity index (χ2v) is 8.62. The molecule has 0 aliphatic carbocycles. The summed E-state index contributed by atoms with van der Waals surface area (Å²) in [7, 11) is 1.90. The number of hydrazine groups is 1. The van der Waals surface area contributed by atoms with Crippen LogP contribution in [0.5, 0.6) is 0 Å². The standard InChI is InChI=1S/C20H18ClN9OS/c1-29-9-11(6-16(22)31)10-30(29)17-7-12(4-5-23-17)19-27-28-20(32-19)25-15-3-2-14-13(18(15)21)8-24-26-14/h2-5,7-9H,6,10H2,1H3,(H2,22,31)(H,24,26)(H,25,28). The average molecular weight is 468 g/mol. The van der Waals surface area contributed by atoms with Crippen LogP contribution in [0.4, 0.5) is 16.6 Å². The number of anilines is 3. The van der Waals surface area contributed by atoms with Crippen LogP contribution in [0.25, 0.3) is 21.5 Å². The Morgan fingerprint density at radius 1 is 1.34 bits per heavy atom. The molecule has 0 saturated carbocycles. The van der Waals surface area contributed by atoms with Crippen molar-refractivity contribution in [3.63, 3.8) is 0 Å². The first-order valence-electron chi connectivity index (χ1n) is 9.64. The molecule has 1 aliphatic rings.